The SMILES string of the molecule is Clc1cnc(N2CCOC(C3CCC3)C2)nc1N1CCOC(C2CCC2)C1. The van der Waals surface area contributed by atoms with Crippen molar-refractivity contribution in [2.75, 3.05) is 49.2 Å². The van der Waals surface area contributed by atoms with Crippen LogP contribution in [0, 0.1) is 11.8 Å². The highest BCUT2D eigenvalue weighted by Crippen LogP contribution is 2.36. The van der Waals surface area contributed by atoms with Gasteiger partial charge in [0.25, 0.3) is 0 Å². The first-order chi connectivity index (χ1) is 13.3. The van der Waals surface area contributed by atoms with Gasteiger partial charge in [0, 0.05) is 26.2 Å². The van der Waals surface area contributed by atoms with Gasteiger partial charge in [-0.1, -0.05) is 24.4 Å². The Morgan fingerprint density at radius 3 is 2.07 bits per heavy atom. The average Bonchev–Trinajstić information content (AvgIpc) is 2.60. The lowest BCUT2D eigenvalue weighted by atomic mass is 9.80. The van der Waals surface area contributed by atoms with Crippen molar-refractivity contribution in [3.05, 3.63) is 11.2 Å². The van der Waals surface area contributed by atoms with Gasteiger partial charge in [0.05, 0.1) is 31.6 Å². The smallest absolute Gasteiger partial charge is 0.227 e. The van der Waals surface area contributed by atoms with Crippen molar-refractivity contribution >= 4 is 23.4 Å². The molecule has 27 heavy (non-hydrogen) atoms. The van der Waals surface area contributed by atoms with E-state index in [1.54, 1.807) is 6.20 Å². The molecule has 0 bridgehead atoms. The van der Waals surface area contributed by atoms with Gasteiger partial charge < -0.3 is 19.3 Å². The van der Waals surface area contributed by atoms with E-state index < -0.39 is 0 Å². The number of aromatic nitrogens is 2. The number of anilines is 2. The van der Waals surface area contributed by atoms with Crippen LogP contribution in [0.5, 0.6) is 0 Å². The van der Waals surface area contributed by atoms with E-state index >= 15 is 0 Å². The third-order valence-corrected chi connectivity index (χ3v) is 7.10. The number of rotatable bonds is 4. The van der Waals surface area contributed by atoms with Crippen molar-refractivity contribution in [3.8, 4) is 0 Å². The maximum absolute atomic E-state index is 6.50. The van der Waals surface area contributed by atoms with Gasteiger partial charge in [0.1, 0.15) is 5.02 Å². The first-order valence-corrected chi connectivity index (χ1v) is 10.9. The van der Waals surface area contributed by atoms with Gasteiger partial charge in [-0.2, -0.15) is 4.98 Å². The first kappa shape index (κ1) is 18.0. The molecule has 4 fully saturated rings. The van der Waals surface area contributed by atoms with Gasteiger partial charge in [0.2, 0.25) is 5.95 Å². The van der Waals surface area contributed by atoms with Crippen LogP contribution in [-0.4, -0.2) is 61.6 Å². The van der Waals surface area contributed by atoms with Gasteiger partial charge in [-0.25, -0.2) is 4.98 Å². The predicted molar refractivity (Wildman–Crippen MR) is 106 cm³/mol. The highest BCUT2D eigenvalue weighted by molar-refractivity contribution is 6.32. The molecule has 5 rings (SSSR count). The van der Waals surface area contributed by atoms with Crippen molar-refractivity contribution in [3.63, 3.8) is 0 Å². The third-order valence-electron chi connectivity index (χ3n) is 6.83. The number of hydrogen-bond acceptors (Lipinski definition) is 6. The topological polar surface area (TPSA) is 50.7 Å². The number of nitrogens with zero attached hydrogens (tertiary/aromatic N) is 4. The summed E-state index contributed by atoms with van der Waals surface area (Å²) in [5, 5.41) is 0.636. The summed E-state index contributed by atoms with van der Waals surface area (Å²) in [6.07, 6.45) is 10.2. The fraction of sp³-hybridized carbons (Fsp3) is 0.800. The second-order valence-electron chi connectivity index (χ2n) is 8.43. The van der Waals surface area contributed by atoms with Crippen LogP contribution in [0.2, 0.25) is 5.02 Å². The van der Waals surface area contributed by atoms with Crippen LogP contribution >= 0.6 is 11.6 Å². The minimum atomic E-state index is 0.313. The highest BCUT2D eigenvalue weighted by Gasteiger charge is 2.35. The van der Waals surface area contributed by atoms with Gasteiger partial charge in [-0.05, 0) is 37.5 Å². The molecular formula is C20H29ClN4O2. The molecule has 1 aromatic rings. The largest absolute Gasteiger partial charge is 0.374 e. The maximum atomic E-state index is 6.50. The number of ether oxygens (including phenoxy) is 2. The van der Waals surface area contributed by atoms with E-state index in [1.165, 1.54) is 38.5 Å². The summed E-state index contributed by atoms with van der Waals surface area (Å²) in [5.41, 5.74) is 0. The van der Waals surface area contributed by atoms with E-state index in [4.69, 9.17) is 26.1 Å². The molecule has 7 heteroatoms. The van der Waals surface area contributed by atoms with E-state index in [1.807, 2.05) is 0 Å². The normalized spacial score (nSPS) is 30.1. The Morgan fingerprint density at radius 1 is 0.889 bits per heavy atom. The Morgan fingerprint density at radius 2 is 1.48 bits per heavy atom. The molecule has 2 atom stereocenters. The molecule has 1 aromatic heterocycles. The van der Waals surface area contributed by atoms with E-state index in [0.717, 1.165) is 51.2 Å². The molecule has 148 valence electrons. The molecule has 2 unspecified atom stereocenters. The molecular weight excluding hydrogens is 364 g/mol. The van der Waals surface area contributed by atoms with Gasteiger partial charge in [-0.3, -0.25) is 0 Å². The van der Waals surface area contributed by atoms with Gasteiger partial charge in [0.15, 0.2) is 5.82 Å². The lowest BCUT2D eigenvalue weighted by molar-refractivity contribution is -0.0231. The molecule has 0 amide bonds. The van der Waals surface area contributed by atoms with Crippen LogP contribution in [-0.2, 0) is 9.47 Å². The molecule has 0 aromatic carbocycles. The molecule has 2 saturated heterocycles. The maximum Gasteiger partial charge on any atom is 0.227 e. The zero-order chi connectivity index (χ0) is 18.2. The van der Waals surface area contributed by atoms with Crippen LogP contribution in [0.3, 0.4) is 0 Å². The molecule has 0 spiro atoms. The fourth-order valence-electron chi connectivity index (χ4n) is 4.64. The van der Waals surface area contributed by atoms with E-state index in [0.29, 0.717) is 29.1 Å². The Labute approximate surface area is 166 Å². The summed E-state index contributed by atoms with van der Waals surface area (Å²) >= 11 is 6.50. The molecule has 2 aliphatic heterocycles. The van der Waals surface area contributed by atoms with Crippen molar-refractivity contribution in [2.24, 2.45) is 11.8 Å². The van der Waals surface area contributed by atoms with Crippen LogP contribution < -0.4 is 9.80 Å². The molecule has 3 heterocycles. The monoisotopic (exact) mass is 392 g/mol. The van der Waals surface area contributed by atoms with Crippen LogP contribution in [0.15, 0.2) is 6.20 Å². The minimum Gasteiger partial charge on any atom is -0.374 e. The first-order valence-electron chi connectivity index (χ1n) is 10.5. The second kappa shape index (κ2) is 7.72. The summed E-state index contributed by atoms with van der Waals surface area (Å²) in [4.78, 5) is 14.0. The minimum absolute atomic E-state index is 0.313. The molecule has 2 aliphatic carbocycles. The highest BCUT2D eigenvalue weighted by atomic mass is 35.5. The van der Waals surface area contributed by atoms with Crippen molar-refractivity contribution in [1.29, 1.82) is 0 Å². The summed E-state index contributed by atoms with van der Waals surface area (Å²) in [5.74, 6) is 3.06. The summed E-state index contributed by atoms with van der Waals surface area (Å²) in [6.45, 7) is 4.96. The lowest BCUT2D eigenvalue weighted by Crippen LogP contribution is -2.49. The summed E-state index contributed by atoms with van der Waals surface area (Å²) in [7, 11) is 0. The Hall–Kier alpha value is -1.11. The predicted octanol–water partition coefficient (Wildman–Crippen LogP) is 3.14. The summed E-state index contributed by atoms with van der Waals surface area (Å²) < 4.78 is 12.0. The molecule has 0 radical (unpaired) electrons. The quantitative estimate of drug-likeness (QED) is 0.784. The summed E-state index contributed by atoms with van der Waals surface area (Å²) in [6, 6.07) is 0. The van der Waals surface area contributed by atoms with Gasteiger partial charge >= 0.3 is 0 Å². The van der Waals surface area contributed by atoms with E-state index in [-0.39, 0.29) is 0 Å². The van der Waals surface area contributed by atoms with E-state index in [9.17, 15) is 0 Å². The van der Waals surface area contributed by atoms with Crippen molar-refractivity contribution in [2.45, 2.75) is 50.7 Å². The van der Waals surface area contributed by atoms with Gasteiger partial charge in [-0.15, -0.1) is 0 Å². The Kier molecular flexibility index (Phi) is 5.13. The fourth-order valence-corrected chi connectivity index (χ4v) is 4.85. The number of hydrogen-bond donors (Lipinski definition) is 0. The van der Waals surface area contributed by atoms with Crippen molar-refractivity contribution in [1.82, 2.24) is 9.97 Å². The molecule has 0 N–H and O–H groups in total. The standard InChI is InChI=1S/C20H29ClN4O2/c21-16-11-22-20(25-8-10-27-18(13-25)15-5-2-6-15)23-19(16)24-7-9-26-17(12-24)14-3-1-4-14/h11,14-15,17-18H,1-10,12-13H2. The number of halogens is 1. The average molecular weight is 393 g/mol. The molecule has 6 nitrogen and oxygen atoms in total. The molecule has 2 saturated carbocycles. The van der Waals surface area contributed by atoms with Crippen LogP contribution in [0.25, 0.3) is 0 Å². The zero-order valence-electron chi connectivity index (χ0n) is 15.9. The van der Waals surface area contributed by atoms with Crippen LogP contribution in [0.4, 0.5) is 11.8 Å². The number of morpholine rings is 2. The Balaban J connectivity index is 1.31. The zero-order valence-corrected chi connectivity index (χ0v) is 16.6. The van der Waals surface area contributed by atoms with Crippen LogP contribution in [0.1, 0.15) is 38.5 Å². The lowest BCUT2D eigenvalue weighted by Gasteiger charge is -2.42. The third kappa shape index (κ3) is 3.64. The Bertz CT molecular complexity index is 667. The second-order valence-corrected chi connectivity index (χ2v) is 8.84. The van der Waals surface area contributed by atoms with E-state index in [2.05, 4.69) is 14.8 Å². The van der Waals surface area contributed by atoms with Crippen molar-refractivity contribution < 1.29 is 9.47 Å². The molecule has 4 aliphatic rings.